The van der Waals surface area contributed by atoms with Gasteiger partial charge in [0.05, 0.1) is 24.3 Å². The van der Waals surface area contributed by atoms with Crippen LogP contribution in [0.25, 0.3) is 11.1 Å². The van der Waals surface area contributed by atoms with E-state index in [-0.39, 0.29) is 26.3 Å². The van der Waals surface area contributed by atoms with E-state index in [9.17, 15) is 15.2 Å². The maximum absolute atomic E-state index is 11.9. The predicted molar refractivity (Wildman–Crippen MR) is 186 cm³/mol. The predicted octanol–water partition coefficient (Wildman–Crippen LogP) is 5.89. The maximum Gasteiger partial charge on any atom is 0.339 e. The number of β-amino-alcohol motifs (C(OH)–C–C–N with tert-alkyl or cyclic N) is 1. The molecule has 3 N–H and O–H groups in total. The second kappa shape index (κ2) is 16.2. The van der Waals surface area contributed by atoms with E-state index in [1.54, 1.807) is 24.4 Å². The van der Waals surface area contributed by atoms with Gasteiger partial charge in [-0.05, 0) is 66.3 Å². The molecule has 1 aliphatic heterocycles. The van der Waals surface area contributed by atoms with E-state index in [0.29, 0.717) is 48.2 Å². The molecule has 1 saturated heterocycles. The summed E-state index contributed by atoms with van der Waals surface area (Å²) in [6.07, 6.45) is 4.27. The van der Waals surface area contributed by atoms with Crippen LogP contribution in [0.4, 0.5) is 0 Å². The van der Waals surface area contributed by atoms with E-state index in [1.807, 2.05) is 24.3 Å². The zero-order valence-corrected chi connectivity index (χ0v) is 28.8. The van der Waals surface area contributed by atoms with Crippen molar-refractivity contribution in [1.29, 1.82) is 5.26 Å². The van der Waals surface area contributed by atoms with Crippen LogP contribution in [0, 0.1) is 25.2 Å². The van der Waals surface area contributed by atoms with Crippen LogP contribution in [0.1, 0.15) is 46.2 Å². The Morgan fingerprint density at radius 3 is 2.51 bits per heavy atom. The van der Waals surface area contributed by atoms with Crippen LogP contribution in [0.3, 0.4) is 0 Å². The fourth-order valence-corrected chi connectivity index (χ4v) is 6.25. The quantitative estimate of drug-likeness (QED) is 0.122. The third-order valence-electron chi connectivity index (χ3n) is 8.83. The molecule has 10 nitrogen and oxygen atoms in total. The molecule has 0 radical (unpaired) electrons. The average molecular weight is 685 g/mol. The summed E-state index contributed by atoms with van der Waals surface area (Å²) in [5.41, 5.74) is 11.7. The number of ether oxygens (including phenoxy) is 4. The molecule has 5 rings (SSSR count). The minimum atomic E-state index is -1.43. The van der Waals surface area contributed by atoms with Crippen molar-refractivity contribution < 1.29 is 28.8 Å². The zero-order chi connectivity index (χ0) is 35.0. The summed E-state index contributed by atoms with van der Waals surface area (Å²) in [6.45, 7) is 6.96. The van der Waals surface area contributed by atoms with E-state index in [2.05, 4.69) is 41.9 Å². The van der Waals surface area contributed by atoms with Crippen molar-refractivity contribution in [2.24, 2.45) is 5.73 Å². The highest BCUT2D eigenvalue weighted by Gasteiger charge is 2.43. The molecule has 256 valence electrons. The van der Waals surface area contributed by atoms with Crippen LogP contribution in [-0.2, 0) is 29.3 Å². The van der Waals surface area contributed by atoms with Gasteiger partial charge in [0.2, 0.25) is 0 Å². The maximum atomic E-state index is 11.9. The lowest BCUT2D eigenvalue weighted by atomic mass is 9.93. The zero-order valence-electron chi connectivity index (χ0n) is 28.0. The molecule has 11 heteroatoms. The summed E-state index contributed by atoms with van der Waals surface area (Å²) >= 11 is 6.60. The van der Waals surface area contributed by atoms with E-state index >= 15 is 0 Å². The lowest BCUT2D eigenvalue weighted by Crippen LogP contribution is -2.42. The van der Waals surface area contributed by atoms with Crippen LogP contribution in [0.15, 0.2) is 67.0 Å². The van der Waals surface area contributed by atoms with Crippen molar-refractivity contribution in [3.8, 4) is 34.4 Å². The molecule has 1 aliphatic rings. The van der Waals surface area contributed by atoms with Crippen molar-refractivity contribution >= 4 is 17.6 Å². The van der Waals surface area contributed by atoms with Crippen LogP contribution in [0.2, 0.25) is 5.02 Å². The fourth-order valence-electron chi connectivity index (χ4n) is 6.01. The number of nitriles is 1. The standard InChI is InChI=1S/C38H41ClN4O6/c1-25-29(23-49-36-17-35(30(19-41)16-33(36)39)48-22-28-15-27(18-40)20-42-21-28)7-4-8-31(25)32-9-5-10-34(26(32)2)47-14-6-12-43-13-11-38(45,24-43)37(44)46-3/h4-5,7-10,15-17,20-21,45H,6,11-14,19,22-24,41H2,1-3H3. The van der Waals surface area contributed by atoms with Crippen molar-refractivity contribution in [2.75, 3.05) is 33.4 Å². The van der Waals surface area contributed by atoms with Gasteiger partial charge in [-0.3, -0.25) is 9.88 Å². The van der Waals surface area contributed by atoms with Gasteiger partial charge in [-0.2, -0.15) is 5.26 Å². The lowest BCUT2D eigenvalue weighted by molar-refractivity contribution is -0.160. The molecule has 0 aliphatic carbocycles. The second-order valence-corrected chi connectivity index (χ2v) is 12.5. The number of hydrogen-bond acceptors (Lipinski definition) is 10. The Morgan fingerprint density at radius 2 is 1.76 bits per heavy atom. The van der Waals surface area contributed by atoms with Gasteiger partial charge >= 0.3 is 5.97 Å². The Kier molecular flexibility index (Phi) is 11.8. The number of nitrogens with zero attached hydrogens (tertiary/aromatic N) is 3. The third kappa shape index (κ3) is 8.50. The third-order valence-corrected chi connectivity index (χ3v) is 9.12. The van der Waals surface area contributed by atoms with Crippen molar-refractivity contribution in [1.82, 2.24) is 9.88 Å². The monoisotopic (exact) mass is 684 g/mol. The van der Waals surface area contributed by atoms with Crippen LogP contribution in [-0.4, -0.2) is 59.9 Å². The van der Waals surface area contributed by atoms with Gasteiger partial charge in [0, 0.05) is 62.2 Å². The van der Waals surface area contributed by atoms with Gasteiger partial charge in [-0.1, -0.05) is 41.9 Å². The van der Waals surface area contributed by atoms with E-state index in [0.717, 1.165) is 51.1 Å². The molecule has 1 atom stereocenters. The summed E-state index contributed by atoms with van der Waals surface area (Å²) in [6, 6.07) is 19.5. The lowest BCUT2D eigenvalue weighted by Gasteiger charge is -2.21. The Bertz CT molecular complexity index is 1840. The molecule has 49 heavy (non-hydrogen) atoms. The van der Waals surface area contributed by atoms with Gasteiger partial charge < -0.3 is 29.8 Å². The first-order valence-corrected chi connectivity index (χ1v) is 16.5. The number of hydrogen-bond donors (Lipinski definition) is 2. The Morgan fingerprint density at radius 1 is 1.00 bits per heavy atom. The molecule has 0 amide bonds. The van der Waals surface area contributed by atoms with Crippen LogP contribution >= 0.6 is 11.6 Å². The summed E-state index contributed by atoms with van der Waals surface area (Å²) in [5.74, 6) is 1.24. The topological polar surface area (TPSA) is 140 Å². The number of methoxy groups -OCH3 is 1. The number of esters is 1. The van der Waals surface area contributed by atoms with Crippen molar-refractivity contribution in [3.05, 3.63) is 105 Å². The highest BCUT2D eigenvalue weighted by atomic mass is 35.5. The normalized spacial score (nSPS) is 15.9. The number of nitrogens with two attached hydrogens (primary N) is 1. The number of halogens is 1. The number of pyridine rings is 1. The molecular weight excluding hydrogens is 644 g/mol. The number of carbonyl (C=O) groups is 1. The van der Waals surface area contributed by atoms with Gasteiger partial charge in [-0.25, -0.2) is 4.79 Å². The summed E-state index contributed by atoms with van der Waals surface area (Å²) in [5, 5.41) is 20.1. The molecule has 4 aromatic rings. The number of aromatic nitrogens is 1. The van der Waals surface area contributed by atoms with Gasteiger partial charge in [-0.15, -0.1) is 0 Å². The summed E-state index contributed by atoms with van der Waals surface area (Å²) < 4.78 is 23.3. The molecular formula is C38H41ClN4O6. The van der Waals surface area contributed by atoms with Crippen molar-refractivity contribution in [2.45, 2.75) is 52.0 Å². The van der Waals surface area contributed by atoms with Gasteiger partial charge in [0.1, 0.15) is 36.5 Å². The molecule has 1 unspecified atom stereocenters. The van der Waals surface area contributed by atoms with Gasteiger partial charge in [0.15, 0.2) is 5.60 Å². The second-order valence-electron chi connectivity index (χ2n) is 12.1. The fraction of sp³-hybridized carbons (Fsp3) is 0.342. The summed E-state index contributed by atoms with van der Waals surface area (Å²) in [4.78, 5) is 18.1. The van der Waals surface area contributed by atoms with E-state index in [4.69, 9.17) is 36.3 Å². The molecule has 2 heterocycles. The van der Waals surface area contributed by atoms with Crippen LogP contribution in [0.5, 0.6) is 17.2 Å². The molecule has 3 aromatic carbocycles. The van der Waals surface area contributed by atoms with E-state index < -0.39 is 11.6 Å². The first kappa shape index (κ1) is 35.6. The molecule has 0 spiro atoms. The first-order valence-electron chi connectivity index (χ1n) is 16.1. The first-order chi connectivity index (χ1) is 23.6. The number of aliphatic hydroxyl groups is 1. The number of rotatable bonds is 14. The minimum absolute atomic E-state index is 0.208. The molecule has 0 bridgehead atoms. The largest absolute Gasteiger partial charge is 0.493 e. The summed E-state index contributed by atoms with van der Waals surface area (Å²) in [7, 11) is 1.30. The van der Waals surface area contributed by atoms with Crippen molar-refractivity contribution in [3.63, 3.8) is 0 Å². The Hall–Kier alpha value is -4.66. The minimum Gasteiger partial charge on any atom is -0.493 e. The molecule has 1 aromatic heterocycles. The molecule has 0 saturated carbocycles. The number of carbonyl (C=O) groups excluding carboxylic acids is 1. The smallest absolute Gasteiger partial charge is 0.339 e. The van der Waals surface area contributed by atoms with Crippen LogP contribution < -0.4 is 19.9 Å². The SMILES string of the molecule is COC(=O)C1(O)CCN(CCCOc2cccc(-c3cccc(COc4cc(OCc5cncc(C#N)c5)c(CN)cc4Cl)c3C)c2C)C1. The number of likely N-dealkylation sites (tertiary alicyclic amines) is 1. The average Bonchev–Trinajstić information content (AvgIpc) is 3.51. The Balaban J connectivity index is 1.23. The molecule has 1 fully saturated rings. The highest BCUT2D eigenvalue weighted by molar-refractivity contribution is 6.32. The van der Waals surface area contributed by atoms with Gasteiger partial charge in [0.25, 0.3) is 0 Å². The Labute approximate surface area is 291 Å². The highest BCUT2D eigenvalue weighted by Crippen LogP contribution is 2.36. The number of benzene rings is 3. The van der Waals surface area contributed by atoms with E-state index in [1.165, 1.54) is 13.3 Å².